The second kappa shape index (κ2) is 26.9. The van der Waals surface area contributed by atoms with Gasteiger partial charge in [-0.25, -0.2) is 29.9 Å². The Morgan fingerprint density at radius 2 is 1.05 bits per heavy atom. The zero-order chi connectivity index (χ0) is 58.5. The highest BCUT2D eigenvalue weighted by Gasteiger charge is 2.34. The number of morpholine rings is 2. The first-order chi connectivity index (χ1) is 39.9. The number of hydrogen-bond acceptors (Lipinski definition) is 16. The predicted octanol–water partition coefficient (Wildman–Crippen LogP) is 10.1. The first kappa shape index (κ1) is 58.9. The second-order valence-electron chi connectivity index (χ2n) is 19.0. The molecule has 83 heavy (non-hydrogen) atoms. The Labute approximate surface area is 477 Å². The number of imidazole rings is 2. The molecule has 4 aromatic heterocycles. The smallest absolute Gasteiger partial charge is 0.379 e. The molecule has 8 aromatic rings. The lowest BCUT2D eigenvalue weighted by Gasteiger charge is -2.26. The molecule has 0 bridgehead atoms. The molecule has 0 saturated carbocycles. The third kappa shape index (κ3) is 16.1. The number of anilines is 8. The summed E-state index contributed by atoms with van der Waals surface area (Å²) in [5.74, 6) is 2.28. The molecule has 0 atom stereocenters. The van der Waals surface area contributed by atoms with Crippen molar-refractivity contribution in [1.29, 1.82) is 0 Å². The van der Waals surface area contributed by atoms with E-state index in [9.17, 15) is 35.9 Å². The highest BCUT2D eigenvalue weighted by atomic mass is 35.5. The number of benzene rings is 4. The minimum absolute atomic E-state index is 0.0273. The fourth-order valence-electron chi connectivity index (χ4n) is 8.68. The molecule has 0 radical (unpaired) electrons. The van der Waals surface area contributed by atoms with Crippen LogP contribution in [0.25, 0.3) is 11.6 Å². The van der Waals surface area contributed by atoms with Crippen LogP contribution in [-0.4, -0.2) is 139 Å². The van der Waals surface area contributed by atoms with Crippen LogP contribution in [0.3, 0.4) is 0 Å². The van der Waals surface area contributed by atoms with Crippen molar-refractivity contribution in [3.8, 4) is 11.6 Å². The van der Waals surface area contributed by atoms with Crippen molar-refractivity contribution >= 4 is 69.7 Å². The van der Waals surface area contributed by atoms with E-state index in [2.05, 4.69) is 71.6 Å². The number of nitrogens with zero attached hydrogens (tertiary/aromatic N) is 10. The maximum absolute atomic E-state index is 13.2. The van der Waals surface area contributed by atoms with Gasteiger partial charge in [0.05, 0.1) is 42.6 Å². The van der Waals surface area contributed by atoms with Crippen molar-refractivity contribution < 1.29 is 45.4 Å². The summed E-state index contributed by atoms with van der Waals surface area (Å²) in [4.78, 5) is 56.7. The lowest BCUT2D eigenvalue weighted by atomic mass is 10.1. The van der Waals surface area contributed by atoms with Crippen LogP contribution in [0.1, 0.15) is 43.0 Å². The van der Waals surface area contributed by atoms with Crippen molar-refractivity contribution in [3.05, 3.63) is 167 Å². The maximum atomic E-state index is 13.2. The zero-order valence-corrected chi connectivity index (χ0v) is 45.6. The fraction of sp³-hybridized carbons (Fsp3) is 0.286. The molecule has 434 valence electrons. The van der Waals surface area contributed by atoms with E-state index in [-0.39, 0.29) is 22.5 Å². The van der Waals surface area contributed by atoms with Gasteiger partial charge in [0.25, 0.3) is 11.8 Å². The minimum atomic E-state index is -4.65. The molecule has 20 nitrogen and oxygen atoms in total. The monoisotopic (exact) mass is 1170 g/mol. The van der Waals surface area contributed by atoms with Gasteiger partial charge < -0.3 is 41.4 Å². The molecule has 2 fully saturated rings. The average molecular weight is 1170 g/mol. The molecule has 6 heterocycles. The highest BCUT2D eigenvalue weighted by molar-refractivity contribution is 6.31. The SMILES string of the molecule is Cc1ccc(C(=O)Nc2ccc(Cl)c(C(F)(F)F)c2)cc1Nc1nccn1-c1cc(NCCN2CCOCC2)ncn1.Cc1ccc(C(=O)Nc2cccc(C(F)(F)F)c2)cc1Nc1nccn1-c1cc(NCCN2CCOCC2)ncn1. The van der Waals surface area contributed by atoms with Gasteiger partial charge in [0, 0.05) is 123 Å². The van der Waals surface area contributed by atoms with Crippen molar-refractivity contribution in [3.63, 3.8) is 0 Å². The van der Waals surface area contributed by atoms with Crippen LogP contribution in [0.5, 0.6) is 0 Å². The van der Waals surface area contributed by atoms with Crippen LogP contribution in [0, 0.1) is 13.8 Å². The molecule has 0 unspecified atom stereocenters. The maximum Gasteiger partial charge on any atom is 0.417 e. The number of rotatable bonds is 18. The van der Waals surface area contributed by atoms with Gasteiger partial charge in [-0.1, -0.05) is 29.8 Å². The summed E-state index contributed by atoms with van der Waals surface area (Å²) in [6.07, 6.45) is 0.509. The number of aryl methyl sites for hydroxylation is 2. The van der Waals surface area contributed by atoms with Gasteiger partial charge in [-0.3, -0.25) is 28.5 Å². The van der Waals surface area contributed by atoms with E-state index >= 15 is 0 Å². The molecule has 2 saturated heterocycles. The van der Waals surface area contributed by atoms with Gasteiger partial charge in [-0.2, -0.15) is 26.3 Å². The summed E-state index contributed by atoms with van der Waals surface area (Å²) >= 11 is 5.69. The molecule has 27 heteroatoms. The Bertz CT molecular complexity index is 3510. The summed E-state index contributed by atoms with van der Waals surface area (Å²) < 4.78 is 93.2. The summed E-state index contributed by atoms with van der Waals surface area (Å²) in [5.41, 5.74) is 1.50. The molecule has 2 amide bonds. The van der Waals surface area contributed by atoms with E-state index in [4.69, 9.17) is 21.1 Å². The van der Waals surface area contributed by atoms with E-state index in [1.54, 1.807) is 70.3 Å². The Morgan fingerprint density at radius 1 is 0.566 bits per heavy atom. The molecule has 0 spiro atoms. The van der Waals surface area contributed by atoms with Crippen LogP contribution in [-0.2, 0) is 21.8 Å². The average Bonchev–Trinajstić information content (AvgIpc) is 4.21. The number of carbonyl (C=O) groups is 2. The summed E-state index contributed by atoms with van der Waals surface area (Å²) in [6, 6.07) is 21.2. The van der Waals surface area contributed by atoms with Crippen LogP contribution >= 0.6 is 11.6 Å². The van der Waals surface area contributed by atoms with Gasteiger partial charge in [0.15, 0.2) is 0 Å². The second-order valence-corrected chi connectivity index (χ2v) is 19.4. The Balaban J connectivity index is 0.000000200. The first-order valence-corrected chi connectivity index (χ1v) is 26.5. The number of carbonyl (C=O) groups excluding carboxylic acids is 2. The number of halogens is 7. The lowest BCUT2D eigenvalue weighted by molar-refractivity contribution is -0.138. The molecule has 6 N–H and O–H groups in total. The molecule has 4 aromatic carbocycles. The number of amides is 2. The van der Waals surface area contributed by atoms with Crippen LogP contribution in [0.15, 0.2) is 128 Å². The summed E-state index contributed by atoms with van der Waals surface area (Å²) in [6.45, 7) is 13.5. The Morgan fingerprint density at radius 3 is 1.52 bits per heavy atom. The molecule has 10 rings (SSSR count). The van der Waals surface area contributed by atoms with E-state index in [0.717, 1.165) is 108 Å². The Hall–Kier alpha value is -8.69. The zero-order valence-electron chi connectivity index (χ0n) is 44.9. The largest absolute Gasteiger partial charge is 0.417 e. The van der Waals surface area contributed by atoms with E-state index < -0.39 is 40.3 Å². The van der Waals surface area contributed by atoms with Crippen molar-refractivity contribution in [2.24, 2.45) is 0 Å². The van der Waals surface area contributed by atoms with E-state index in [1.807, 2.05) is 26.0 Å². The van der Waals surface area contributed by atoms with Gasteiger partial charge >= 0.3 is 12.4 Å². The van der Waals surface area contributed by atoms with Gasteiger partial charge in [0.2, 0.25) is 11.9 Å². The molecule has 0 aliphatic carbocycles. The van der Waals surface area contributed by atoms with Crippen LogP contribution in [0.2, 0.25) is 5.02 Å². The van der Waals surface area contributed by atoms with Crippen molar-refractivity contribution in [2.45, 2.75) is 26.2 Å². The molecule has 2 aliphatic heterocycles. The first-order valence-electron chi connectivity index (χ1n) is 26.1. The van der Waals surface area contributed by atoms with Crippen LogP contribution in [0.4, 0.5) is 72.6 Å². The topological polar surface area (TPSA) is 218 Å². The molecular formula is C56H57ClF6N16O4. The normalized spacial score (nSPS) is 14.0. The van der Waals surface area contributed by atoms with Crippen molar-refractivity contribution in [1.82, 2.24) is 48.8 Å². The Kier molecular flexibility index (Phi) is 19.1. The fourth-order valence-corrected chi connectivity index (χ4v) is 8.91. The van der Waals surface area contributed by atoms with Gasteiger partial charge in [0.1, 0.15) is 35.9 Å². The number of nitrogens with one attached hydrogen (secondary N) is 6. The number of alkyl halides is 6. The predicted molar refractivity (Wildman–Crippen MR) is 303 cm³/mol. The van der Waals surface area contributed by atoms with Crippen molar-refractivity contribution in [2.75, 3.05) is 111 Å². The highest BCUT2D eigenvalue weighted by Crippen LogP contribution is 2.37. The van der Waals surface area contributed by atoms with Crippen LogP contribution < -0.4 is 31.9 Å². The van der Waals surface area contributed by atoms with Gasteiger partial charge in [-0.15, -0.1) is 0 Å². The summed E-state index contributed by atoms with van der Waals surface area (Å²) in [5, 5.41) is 17.7. The van der Waals surface area contributed by atoms with Gasteiger partial charge in [-0.05, 0) is 85.6 Å². The standard InChI is InChI=1S/C28H28ClF3N8O2.C28H29F3N8O2/c1-18-2-3-19(26(41)37-20-4-5-22(29)21(15-20)28(30,31)32)14-23(18)38-27-34-7-9-40(27)25-16-24(35-17-36-25)33-6-8-39-10-12-42-13-11-39;1-19-5-6-20(26(40)36-22-4-2-3-21(16-22)28(29,30)31)15-23(19)37-27-33-8-10-39(27)25-17-24(34-18-35-25)32-7-9-38-11-13-41-14-12-38/h2-5,7,9,14-17H,6,8,10-13H2,1H3,(H,34,38)(H,37,41)(H,33,35,36);2-6,8,10,15-18H,7,9,11-14H2,1H3,(H,33,37)(H,36,40)(H,32,34,35). The molecular weight excluding hydrogens is 1110 g/mol. The quantitative estimate of drug-likeness (QED) is 0.0440. The minimum Gasteiger partial charge on any atom is -0.379 e. The summed E-state index contributed by atoms with van der Waals surface area (Å²) in [7, 11) is 0. The number of aromatic nitrogens is 8. The number of hydrogen-bond donors (Lipinski definition) is 6. The molecule has 2 aliphatic rings. The third-order valence-electron chi connectivity index (χ3n) is 13.2. The van der Waals surface area contributed by atoms with E-state index in [1.165, 1.54) is 30.9 Å². The van der Waals surface area contributed by atoms with E-state index in [0.29, 0.717) is 53.1 Å². The third-order valence-corrected chi connectivity index (χ3v) is 13.6. The lowest BCUT2D eigenvalue weighted by Crippen LogP contribution is -2.39. The number of ether oxygens (including phenoxy) is 2.